The van der Waals surface area contributed by atoms with Crippen molar-refractivity contribution in [2.45, 2.75) is 20.4 Å². The number of esters is 1. The molecule has 26 heavy (non-hydrogen) atoms. The molecule has 5 nitrogen and oxygen atoms in total. The molecule has 0 amide bonds. The average molecular weight is 355 g/mol. The molecule has 6 heteroatoms. The summed E-state index contributed by atoms with van der Waals surface area (Å²) in [7, 11) is 0. The topological polar surface area (TPSA) is 61.4 Å². The molecule has 2 heterocycles. The van der Waals surface area contributed by atoms with E-state index in [4.69, 9.17) is 9.15 Å². The maximum absolute atomic E-state index is 12.9. The molecule has 0 saturated carbocycles. The number of aromatic nitrogens is 1. The van der Waals surface area contributed by atoms with Crippen LogP contribution in [0.25, 0.3) is 0 Å². The molecule has 0 saturated heterocycles. The number of aryl methyl sites for hydroxylation is 1. The highest BCUT2D eigenvalue weighted by Crippen LogP contribution is 2.18. The number of carbonyl (C=O) groups is 2. The zero-order valence-corrected chi connectivity index (χ0v) is 14.5. The second kappa shape index (κ2) is 7.39. The van der Waals surface area contributed by atoms with Crippen LogP contribution in [0, 0.1) is 19.7 Å². The lowest BCUT2D eigenvalue weighted by Gasteiger charge is -2.08. The van der Waals surface area contributed by atoms with Crippen LogP contribution < -0.4 is 0 Å². The van der Waals surface area contributed by atoms with Crippen molar-refractivity contribution in [3.05, 3.63) is 82.8 Å². The largest absolute Gasteiger partial charge is 0.467 e. The molecule has 0 aliphatic heterocycles. The van der Waals surface area contributed by atoms with E-state index in [-0.39, 0.29) is 5.78 Å². The Balaban J connectivity index is 1.68. The van der Waals surface area contributed by atoms with Gasteiger partial charge in [-0.1, -0.05) is 0 Å². The smallest absolute Gasteiger partial charge is 0.340 e. The standard InChI is InChI=1S/C20H18FNO4/c1-13-10-18(14(2)22(13)11-17-4-3-9-25-17)20(24)26-12-19(23)15-5-7-16(21)8-6-15/h3-10H,11-12H2,1-2H3. The molecule has 1 aromatic carbocycles. The molecule has 134 valence electrons. The van der Waals surface area contributed by atoms with Gasteiger partial charge >= 0.3 is 5.97 Å². The van der Waals surface area contributed by atoms with Gasteiger partial charge in [-0.2, -0.15) is 0 Å². The highest BCUT2D eigenvalue weighted by molar-refractivity contribution is 5.99. The van der Waals surface area contributed by atoms with E-state index >= 15 is 0 Å². The van der Waals surface area contributed by atoms with Gasteiger partial charge in [0.25, 0.3) is 0 Å². The summed E-state index contributed by atoms with van der Waals surface area (Å²) in [6.45, 7) is 3.81. The molecule has 3 aromatic rings. The maximum atomic E-state index is 12.9. The molecule has 0 unspecified atom stereocenters. The van der Waals surface area contributed by atoms with Gasteiger partial charge in [-0.3, -0.25) is 4.79 Å². The van der Waals surface area contributed by atoms with Crippen molar-refractivity contribution in [1.29, 1.82) is 0 Å². The van der Waals surface area contributed by atoms with E-state index in [1.165, 1.54) is 24.3 Å². The van der Waals surface area contributed by atoms with E-state index in [1.54, 1.807) is 18.4 Å². The third-order valence-corrected chi connectivity index (χ3v) is 4.19. The van der Waals surface area contributed by atoms with E-state index in [9.17, 15) is 14.0 Å². The van der Waals surface area contributed by atoms with Crippen LogP contribution >= 0.6 is 0 Å². The molecule has 0 spiro atoms. The summed E-state index contributed by atoms with van der Waals surface area (Å²) in [5.41, 5.74) is 2.32. The number of furan rings is 1. The van der Waals surface area contributed by atoms with Crippen LogP contribution in [0.15, 0.2) is 53.1 Å². The number of nitrogens with zero attached hydrogens (tertiary/aromatic N) is 1. The molecule has 3 rings (SSSR count). The molecule has 0 N–H and O–H groups in total. The SMILES string of the molecule is Cc1cc(C(=O)OCC(=O)c2ccc(F)cc2)c(C)n1Cc1ccco1. The first-order valence-corrected chi connectivity index (χ1v) is 8.10. The number of ketones is 1. The third kappa shape index (κ3) is 3.74. The lowest BCUT2D eigenvalue weighted by Crippen LogP contribution is -2.15. The van der Waals surface area contributed by atoms with Crippen LogP contribution in [0.2, 0.25) is 0 Å². The van der Waals surface area contributed by atoms with Crippen molar-refractivity contribution >= 4 is 11.8 Å². The molecule has 0 fully saturated rings. The summed E-state index contributed by atoms with van der Waals surface area (Å²) < 4.78 is 25.3. The van der Waals surface area contributed by atoms with Gasteiger partial charge in [-0.15, -0.1) is 0 Å². The van der Waals surface area contributed by atoms with Gasteiger partial charge in [0.15, 0.2) is 12.4 Å². The zero-order valence-electron chi connectivity index (χ0n) is 14.5. The molecular weight excluding hydrogens is 337 g/mol. The monoisotopic (exact) mass is 355 g/mol. The highest BCUT2D eigenvalue weighted by atomic mass is 19.1. The van der Waals surface area contributed by atoms with E-state index < -0.39 is 18.4 Å². The number of carbonyl (C=O) groups excluding carboxylic acids is 2. The summed E-state index contributed by atoms with van der Waals surface area (Å²) in [5, 5.41) is 0. The normalized spacial score (nSPS) is 10.7. The number of ether oxygens (including phenoxy) is 1. The lowest BCUT2D eigenvalue weighted by atomic mass is 10.1. The first kappa shape index (κ1) is 17.7. The first-order chi connectivity index (χ1) is 12.5. The van der Waals surface area contributed by atoms with Crippen LogP contribution in [0.3, 0.4) is 0 Å². The predicted octanol–water partition coefficient (Wildman–Crippen LogP) is 3.93. The van der Waals surface area contributed by atoms with E-state index in [0.717, 1.165) is 17.1 Å². The Labute approximate surface area is 150 Å². The molecule has 0 aliphatic carbocycles. The van der Waals surface area contributed by atoms with Crippen molar-refractivity contribution in [1.82, 2.24) is 4.57 Å². The number of benzene rings is 1. The Hall–Kier alpha value is -3.15. The quantitative estimate of drug-likeness (QED) is 0.497. The number of halogens is 1. The van der Waals surface area contributed by atoms with Crippen LogP contribution in [-0.4, -0.2) is 22.9 Å². The number of hydrogen-bond acceptors (Lipinski definition) is 4. The van der Waals surface area contributed by atoms with Gasteiger partial charge in [-0.25, -0.2) is 9.18 Å². The van der Waals surface area contributed by atoms with E-state index in [2.05, 4.69) is 0 Å². The second-order valence-corrected chi connectivity index (χ2v) is 5.96. The summed E-state index contributed by atoms with van der Waals surface area (Å²) in [6.07, 6.45) is 1.60. The van der Waals surface area contributed by atoms with Crippen molar-refractivity contribution in [2.75, 3.05) is 6.61 Å². The number of hydrogen-bond donors (Lipinski definition) is 0. The molecule has 0 radical (unpaired) electrons. The minimum absolute atomic E-state index is 0.294. The summed E-state index contributed by atoms with van der Waals surface area (Å²) in [5.74, 6) is -0.609. The minimum Gasteiger partial charge on any atom is -0.467 e. The van der Waals surface area contributed by atoms with Crippen LogP contribution in [-0.2, 0) is 11.3 Å². The second-order valence-electron chi connectivity index (χ2n) is 5.96. The van der Waals surface area contributed by atoms with E-state index in [0.29, 0.717) is 17.7 Å². The molecule has 0 aliphatic rings. The molecule has 0 bridgehead atoms. The summed E-state index contributed by atoms with van der Waals surface area (Å²) in [4.78, 5) is 24.4. The Bertz CT molecular complexity index is 924. The third-order valence-electron chi connectivity index (χ3n) is 4.19. The van der Waals surface area contributed by atoms with Gasteiger partial charge in [0, 0.05) is 17.0 Å². The fourth-order valence-corrected chi connectivity index (χ4v) is 2.74. The molecular formula is C20H18FNO4. The van der Waals surface area contributed by atoms with Gasteiger partial charge in [0.1, 0.15) is 11.6 Å². The Morgan fingerprint density at radius 2 is 1.88 bits per heavy atom. The zero-order chi connectivity index (χ0) is 18.7. The lowest BCUT2D eigenvalue weighted by molar-refractivity contribution is 0.0474. The number of rotatable bonds is 6. The molecule has 0 atom stereocenters. The summed E-state index contributed by atoms with van der Waals surface area (Å²) in [6, 6.07) is 10.5. The van der Waals surface area contributed by atoms with Crippen LogP contribution in [0.5, 0.6) is 0 Å². The first-order valence-electron chi connectivity index (χ1n) is 8.10. The van der Waals surface area contributed by atoms with Gasteiger partial charge < -0.3 is 13.7 Å². The minimum atomic E-state index is -0.570. The van der Waals surface area contributed by atoms with Crippen molar-refractivity contribution in [3.63, 3.8) is 0 Å². The predicted molar refractivity (Wildman–Crippen MR) is 92.7 cm³/mol. The summed E-state index contributed by atoms with van der Waals surface area (Å²) >= 11 is 0. The van der Waals surface area contributed by atoms with Crippen molar-refractivity contribution in [2.24, 2.45) is 0 Å². The Morgan fingerprint density at radius 3 is 2.54 bits per heavy atom. The van der Waals surface area contributed by atoms with Gasteiger partial charge in [0.05, 0.1) is 18.4 Å². The Kier molecular flexibility index (Phi) is 5.02. The van der Waals surface area contributed by atoms with Crippen LogP contribution in [0.1, 0.15) is 37.9 Å². The maximum Gasteiger partial charge on any atom is 0.340 e. The van der Waals surface area contributed by atoms with Gasteiger partial charge in [-0.05, 0) is 56.3 Å². The van der Waals surface area contributed by atoms with Crippen LogP contribution in [0.4, 0.5) is 4.39 Å². The van der Waals surface area contributed by atoms with E-state index in [1.807, 2.05) is 24.5 Å². The molecule has 2 aromatic heterocycles. The average Bonchev–Trinajstić information content (AvgIpc) is 3.24. The fraction of sp³-hybridized carbons (Fsp3) is 0.200. The van der Waals surface area contributed by atoms with Crippen molar-refractivity contribution < 1.29 is 23.1 Å². The van der Waals surface area contributed by atoms with Crippen molar-refractivity contribution in [3.8, 4) is 0 Å². The highest BCUT2D eigenvalue weighted by Gasteiger charge is 2.19. The Morgan fingerprint density at radius 1 is 1.15 bits per heavy atom. The van der Waals surface area contributed by atoms with Gasteiger partial charge in [0.2, 0.25) is 0 Å². The number of Topliss-reactive ketones (excluding diaryl/α,β-unsaturated/α-hetero) is 1. The fourth-order valence-electron chi connectivity index (χ4n) is 2.74.